The lowest BCUT2D eigenvalue weighted by Crippen LogP contribution is -2.42. The average Bonchev–Trinajstić information content (AvgIpc) is 3.11. The summed E-state index contributed by atoms with van der Waals surface area (Å²) in [6.45, 7) is 5.47. The number of rotatable bonds is 9. The predicted octanol–water partition coefficient (Wildman–Crippen LogP) is 2.88. The van der Waals surface area contributed by atoms with Gasteiger partial charge < -0.3 is 19.7 Å². The maximum absolute atomic E-state index is 12.4. The molecular formula is C18H29ClN2O3. The third-order valence-corrected chi connectivity index (χ3v) is 4.12. The average molecular weight is 357 g/mol. The zero-order valence-electron chi connectivity index (χ0n) is 14.6. The molecule has 0 saturated carbocycles. The fourth-order valence-electron chi connectivity index (χ4n) is 2.89. The van der Waals surface area contributed by atoms with Crippen LogP contribution in [-0.2, 0) is 4.79 Å². The first-order valence-electron chi connectivity index (χ1n) is 8.51. The Balaban J connectivity index is 0.00000288. The van der Waals surface area contributed by atoms with Crippen molar-refractivity contribution in [3.63, 3.8) is 0 Å². The van der Waals surface area contributed by atoms with Gasteiger partial charge in [-0.1, -0.05) is 6.92 Å². The van der Waals surface area contributed by atoms with Crippen molar-refractivity contribution in [2.45, 2.75) is 38.6 Å². The lowest BCUT2D eigenvalue weighted by molar-refractivity contribution is -0.133. The van der Waals surface area contributed by atoms with Gasteiger partial charge in [0.2, 0.25) is 5.91 Å². The summed E-state index contributed by atoms with van der Waals surface area (Å²) in [4.78, 5) is 14.5. The van der Waals surface area contributed by atoms with Gasteiger partial charge in [0.05, 0.1) is 13.7 Å². The summed E-state index contributed by atoms with van der Waals surface area (Å²) < 4.78 is 10.8. The summed E-state index contributed by atoms with van der Waals surface area (Å²) in [5.74, 6) is 1.87. The van der Waals surface area contributed by atoms with E-state index in [2.05, 4.69) is 12.2 Å². The molecule has 1 heterocycles. The molecule has 0 radical (unpaired) electrons. The Bertz CT molecular complexity index is 476. The second kappa shape index (κ2) is 11.2. The van der Waals surface area contributed by atoms with Gasteiger partial charge in [0, 0.05) is 25.6 Å². The number of halogens is 1. The van der Waals surface area contributed by atoms with Crippen LogP contribution in [0.5, 0.6) is 11.5 Å². The molecule has 0 spiro atoms. The van der Waals surface area contributed by atoms with E-state index in [-0.39, 0.29) is 18.3 Å². The quantitative estimate of drug-likeness (QED) is 0.691. The van der Waals surface area contributed by atoms with Crippen LogP contribution in [0, 0.1) is 0 Å². The first kappa shape index (κ1) is 20.6. The van der Waals surface area contributed by atoms with Crippen LogP contribution in [0.1, 0.15) is 32.6 Å². The Morgan fingerprint density at radius 3 is 2.58 bits per heavy atom. The van der Waals surface area contributed by atoms with E-state index >= 15 is 0 Å². The number of methoxy groups -OCH3 is 1. The predicted molar refractivity (Wildman–Crippen MR) is 98.2 cm³/mol. The highest BCUT2D eigenvalue weighted by molar-refractivity contribution is 5.85. The van der Waals surface area contributed by atoms with Crippen molar-refractivity contribution in [1.82, 2.24) is 10.2 Å². The summed E-state index contributed by atoms with van der Waals surface area (Å²) in [6.07, 6.45) is 3.36. The van der Waals surface area contributed by atoms with Crippen LogP contribution in [-0.4, -0.2) is 50.2 Å². The molecule has 1 aromatic carbocycles. The maximum atomic E-state index is 12.4. The van der Waals surface area contributed by atoms with Gasteiger partial charge in [-0.2, -0.15) is 0 Å². The zero-order valence-corrected chi connectivity index (χ0v) is 15.4. The van der Waals surface area contributed by atoms with Gasteiger partial charge in [0.25, 0.3) is 0 Å². The highest BCUT2D eigenvalue weighted by atomic mass is 35.5. The minimum absolute atomic E-state index is 0. The van der Waals surface area contributed by atoms with Crippen LogP contribution in [0.4, 0.5) is 0 Å². The van der Waals surface area contributed by atoms with Gasteiger partial charge >= 0.3 is 0 Å². The van der Waals surface area contributed by atoms with Crippen molar-refractivity contribution in [3.05, 3.63) is 24.3 Å². The highest BCUT2D eigenvalue weighted by Crippen LogP contribution is 2.17. The van der Waals surface area contributed by atoms with Gasteiger partial charge in [-0.3, -0.25) is 4.79 Å². The molecule has 1 aliphatic rings. The summed E-state index contributed by atoms with van der Waals surface area (Å²) >= 11 is 0. The molecule has 6 heteroatoms. The number of hydrogen-bond donors (Lipinski definition) is 1. The summed E-state index contributed by atoms with van der Waals surface area (Å²) in [7, 11) is 1.64. The van der Waals surface area contributed by atoms with E-state index in [1.165, 1.54) is 0 Å². The van der Waals surface area contributed by atoms with Gasteiger partial charge in [-0.15, -0.1) is 12.4 Å². The lowest BCUT2D eigenvalue weighted by atomic mass is 10.1. The van der Waals surface area contributed by atoms with Crippen molar-refractivity contribution in [1.29, 1.82) is 0 Å². The van der Waals surface area contributed by atoms with Crippen molar-refractivity contribution < 1.29 is 14.3 Å². The number of benzene rings is 1. The van der Waals surface area contributed by atoms with Crippen LogP contribution in [0.15, 0.2) is 24.3 Å². The number of hydrogen-bond acceptors (Lipinski definition) is 4. The van der Waals surface area contributed by atoms with Gasteiger partial charge in [-0.25, -0.2) is 0 Å². The van der Waals surface area contributed by atoms with Crippen molar-refractivity contribution in [2.24, 2.45) is 0 Å². The van der Waals surface area contributed by atoms with E-state index in [0.717, 1.165) is 50.4 Å². The Labute approximate surface area is 151 Å². The standard InChI is InChI=1S/C18H28N2O3.ClH/c1-3-12-20(15-10-11-19-14-15)18(21)5-4-13-23-17-8-6-16(22-2)7-9-17;/h6-9,15,19H,3-5,10-14H2,1-2H3;1H. The molecule has 1 fully saturated rings. The summed E-state index contributed by atoms with van der Waals surface area (Å²) in [5, 5.41) is 3.34. The maximum Gasteiger partial charge on any atom is 0.222 e. The fourth-order valence-corrected chi connectivity index (χ4v) is 2.89. The Hall–Kier alpha value is -1.46. The first-order valence-corrected chi connectivity index (χ1v) is 8.51. The molecule has 1 unspecified atom stereocenters. The molecule has 2 rings (SSSR count). The van der Waals surface area contributed by atoms with Crippen LogP contribution >= 0.6 is 12.4 Å². The van der Waals surface area contributed by atoms with Crippen molar-refractivity contribution in [2.75, 3.05) is 33.4 Å². The minimum atomic E-state index is 0. The highest BCUT2D eigenvalue weighted by Gasteiger charge is 2.25. The molecule has 0 aromatic heterocycles. The Morgan fingerprint density at radius 2 is 2.00 bits per heavy atom. The normalized spacial score (nSPS) is 16.3. The third kappa shape index (κ3) is 6.21. The molecule has 0 bridgehead atoms. The molecule has 0 aliphatic carbocycles. The van der Waals surface area contributed by atoms with Gasteiger partial charge in [0.1, 0.15) is 11.5 Å². The second-order valence-corrected chi connectivity index (χ2v) is 5.86. The van der Waals surface area contributed by atoms with Crippen LogP contribution in [0.2, 0.25) is 0 Å². The van der Waals surface area contributed by atoms with E-state index in [0.29, 0.717) is 19.1 Å². The largest absolute Gasteiger partial charge is 0.497 e. The SMILES string of the molecule is CCCN(C(=O)CCCOc1ccc(OC)cc1)C1CCNC1.Cl. The van der Waals surface area contributed by atoms with E-state index in [1.54, 1.807) is 7.11 Å². The number of nitrogens with zero attached hydrogens (tertiary/aromatic N) is 1. The van der Waals surface area contributed by atoms with E-state index < -0.39 is 0 Å². The summed E-state index contributed by atoms with van der Waals surface area (Å²) in [6, 6.07) is 7.88. The third-order valence-electron chi connectivity index (χ3n) is 4.12. The van der Waals surface area contributed by atoms with Crippen molar-refractivity contribution >= 4 is 18.3 Å². The monoisotopic (exact) mass is 356 g/mol. The zero-order chi connectivity index (χ0) is 16.5. The number of nitrogens with one attached hydrogen (secondary N) is 1. The smallest absolute Gasteiger partial charge is 0.222 e. The van der Waals surface area contributed by atoms with E-state index in [9.17, 15) is 4.79 Å². The van der Waals surface area contributed by atoms with Gasteiger partial charge in [0.15, 0.2) is 0 Å². The second-order valence-electron chi connectivity index (χ2n) is 5.86. The molecule has 24 heavy (non-hydrogen) atoms. The van der Waals surface area contributed by atoms with Gasteiger partial charge in [-0.05, 0) is 50.1 Å². The minimum Gasteiger partial charge on any atom is -0.497 e. The molecule has 1 aliphatic heterocycles. The number of amides is 1. The Kier molecular flexibility index (Phi) is 9.57. The lowest BCUT2D eigenvalue weighted by Gasteiger charge is -2.28. The van der Waals surface area contributed by atoms with Crippen LogP contribution < -0.4 is 14.8 Å². The molecular weight excluding hydrogens is 328 g/mol. The number of carbonyl (C=O) groups excluding carboxylic acids is 1. The molecule has 1 aromatic rings. The number of carbonyl (C=O) groups is 1. The van der Waals surface area contributed by atoms with E-state index in [4.69, 9.17) is 9.47 Å². The van der Waals surface area contributed by atoms with E-state index in [1.807, 2.05) is 29.2 Å². The Morgan fingerprint density at radius 1 is 1.29 bits per heavy atom. The molecule has 1 saturated heterocycles. The molecule has 136 valence electrons. The molecule has 1 atom stereocenters. The first-order chi connectivity index (χ1) is 11.2. The molecule has 1 N–H and O–H groups in total. The summed E-state index contributed by atoms with van der Waals surface area (Å²) in [5.41, 5.74) is 0. The van der Waals surface area contributed by atoms with Crippen molar-refractivity contribution in [3.8, 4) is 11.5 Å². The number of ether oxygens (including phenoxy) is 2. The fraction of sp³-hybridized carbons (Fsp3) is 0.611. The van der Waals surface area contributed by atoms with Crippen LogP contribution in [0.3, 0.4) is 0 Å². The molecule has 5 nitrogen and oxygen atoms in total. The molecule has 1 amide bonds. The van der Waals surface area contributed by atoms with Crippen LogP contribution in [0.25, 0.3) is 0 Å². The topological polar surface area (TPSA) is 50.8 Å².